The quantitative estimate of drug-likeness (QED) is 0.182. The van der Waals surface area contributed by atoms with Crippen LogP contribution in [0.15, 0.2) is 168 Å². The summed E-state index contributed by atoms with van der Waals surface area (Å²) >= 11 is 0. The zero-order chi connectivity index (χ0) is 30.1. The van der Waals surface area contributed by atoms with Crippen LogP contribution < -0.4 is 20.9 Å². The number of nitrogen functional groups attached to an aromatic ring is 2. The molecule has 6 nitrogen and oxygen atoms in total. The van der Waals surface area contributed by atoms with Gasteiger partial charge in [-0.15, -0.1) is 0 Å². The fourth-order valence-corrected chi connectivity index (χ4v) is 5.38. The monoisotopic (exact) mass is 586 g/mol. The average molecular weight is 587 g/mol. The minimum atomic E-state index is -3.67. The second-order valence-corrected chi connectivity index (χ2v) is 11.5. The van der Waals surface area contributed by atoms with Gasteiger partial charge in [0.05, 0.1) is 9.79 Å². The molecular weight excluding hydrogens is 556 g/mol. The third-order valence-corrected chi connectivity index (χ3v) is 8.17. The summed E-state index contributed by atoms with van der Waals surface area (Å²) in [6.45, 7) is 0. The molecule has 0 unspecified atom stereocenters. The van der Waals surface area contributed by atoms with Crippen LogP contribution >= 0.6 is 0 Å². The maximum atomic E-state index is 12.9. The number of nitrogens with two attached hydrogens (primary N) is 2. The van der Waals surface area contributed by atoms with Gasteiger partial charge in [0.15, 0.2) is 0 Å². The first-order chi connectivity index (χ1) is 20.9. The van der Waals surface area contributed by atoms with E-state index in [-0.39, 0.29) is 9.79 Å². The first kappa shape index (κ1) is 29.0. The van der Waals surface area contributed by atoms with Crippen molar-refractivity contribution in [3.63, 3.8) is 0 Å². The molecule has 0 radical (unpaired) electrons. The molecule has 0 heterocycles. The molecule has 6 aromatic rings. The van der Waals surface area contributed by atoms with E-state index in [9.17, 15) is 8.42 Å². The van der Waals surface area contributed by atoms with Gasteiger partial charge in [-0.05, 0) is 108 Å². The largest absolute Gasteiger partial charge is 0.457 e. The number of rotatable bonds is 7. The predicted molar refractivity (Wildman–Crippen MR) is 172 cm³/mol. The van der Waals surface area contributed by atoms with E-state index in [1.807, 2.05) is 12.1 Å². The van der Waals surface area contributed by atoms with E-state index in [1.165, 1.54) is 35.4 Å². The van der Waals surface area contributed by atoms with Gasteiger partial charge in [0.1, 0.15) is 23.0 Å². The molecular formula is C36H30N2O4S. The second-order valence-electron chi connectivity index (χ2n) is 9.52. The van der Waals surface area contributed by atoms with Crippen molar-refractivity contribution in [2.45, 2.75) is 9.79 Å². The van der Waals surface area contributed by atoms with Crippen LogP contribution in [-0.2, 0) is 9.84 Å². The van der Waals surface area contributed by atoms with Crippen molar-refractivity contribution in [2.75, 3.05) is 11.5 Å². The fourth-order valence-electron chi connectivity index (χ4n) is 4.11. The molecule has 0 fully saturated rings. The molecule has 0 saturated carbocycles. The molecule has 4 N–H and O–H groups in total. The van der Waals surface area contributed by atoms with Gasteiger partial charge < -0.3 is 20.9 Å². The van der Waals surface area contributed by atoms with Gasteiger partial charge in [-0.3, -0.25) is 0 Å². The number of sulfone groups is 1. The maximum Gasteiger partial charge on any atom is 0.206 e. The van der Waals surface area contributed by atoms with Crippen LogP contribution in [0.3, 0.4) is 0 Å². The van der Waals surface area contributed by atoms with E-state index < -0.39 is 9.84 Å². The van der Waals surface area contributed by atoms with E-state index in [2.05, 4.69) is 48.5 Å². The molecule has 0 atom stereocenters. The van der Waals surface area contributed by atoms with Crippen LogP contribution in [0.1, 0.15) is 0 Å². The smallest absolute Gasteiger partial charge is 0.206 e. The highest BCUT2D eigenvalue weighted by atomic mass is 32.2. The van der Waals surface area contributed by atoms with Crippen molar-refractivity contribution in [1.29, 1.82) is 0 Å². The number of anilines is 2. The van der Waals surface area contributed by atoms with Gasteiger partial charge in [0.2, 0.25) is 9.84 Å². The Labute approximate surface area is 251 Å². The summed E-state index contributed by atoms with van der Waals surface area (Å²) in [6, 6.07) is 47.2. The van der Waals surface area contributed by atoms with Crippen molar-refractivity contribution in [2.24, 2.45) is 0 Å². The van der Waals surface area contributed by atoms with Crippen molar-refractivity contribution in [3.05, 3.63) is 158 Å². The van der Waals surface area contributed by atoms with Crippen LogP contribution in [-0.4, -0.2) is 8.42 Å². The fraction of sp³-hybridized carbons (Fsp3) is 0. The lowest BCUT2D eigenvalue weighted by atomic mass is 10.1. The van der Waals surface area contributed by atoms with Gasteiger partial charge in [-0.25, -0.2) is 8.42 Å². The van der Waals surface area contributed by atoms with E-state index in [4.69, 9.17) is 20.9 Å². The molecule has 6 aromatic carbocycles. The first-order valence-corrected chi connectivity index (χ1v) is 15.0. The van der Waals surface area contributed by atoms with Crippen molar-refractivity contribution >= 4 is 21.2 Å². The third-order valence-electron chi connectivity index (χ3n) is 6.38. The molecule has 0 aliphatic rings. The maximum absolute atomic E-state index is 12.9. The van der Waals surface area contributed by atoms with Gasteiger partial charge in [-0.2, -0.15) is 0 Å². The second kappa shape index (κ2) is 13.4. The van der Waals surface area contributed by atoms with Crippen LogP contribution in [0.2, 0.25) is 0 Å². The lowest BCUT2D eigenvalue weighted by Crippen LogP contribution is -2.01. The molecule has 0 saturated heterocycles. The Morgan fingerprint density at radius 3 is 0.953 bits per heavy atom. The first-order valence-electron chi connectivity index (χ1n) is 13.5. The molecule has 43 heavy (non-hydrogen) atoms. The normalized spacial score (nSPS) is 10.7. The average Bonchev–Trinajstić information content (AvgIpc) is 3.05. The van der Waals surface area contributed by atoms with Crippen LogP contribution in [0, 0.1) is 0 Å². The van der Waals surface area contributed by atoms with E-state index in [0.29, 0.717) is 34.4 Å². The van der Waals surface area contributed by atoms with Crippen LogP contribution in [0.5, 0.6) is 23.0 Å². The Hall–Kier alpha value is -5.53. The third kappa shape index (κ3) is 7.81. The Morgan fingerprint density at radius 1 is 0.372 bits per heavy atom. The predicted octanol–water partition coefficient (Wildman–Crippen LogP) is 8.62. The highest BCUT2D eigenvalue weighted by Crippen LogP contribution is 2.29. The van der Waals surface area contributed by atoms with Gasteiger partial charge >= 0.3 is 0 Å². The molecule has 0 amide bonds. The minimum absolute atomic E-state index is 0.171. The summed E-state index contributed by atoms with van der Waals surface area (Å²) < 4.78 is 37.3. The van der Waals surface area contributed by atoms with Crippen molar-refractivity contribution in [1.82, 2.24) is 0 Å². The van der Waals surface area contributed by atoms with Crippen LogP contribution in [0.4, 0.5) is 11.4 Å². The van der Waals surface area contributed by atoms with Gasteiger partial charge in [-0.1, -0.05) is 60.7 Å². The number of benzene rings is 6. The summed E-state index contributed by atoms with van der Waals surface area (Å²) in [6.07, 6.45) is 0. The van der Waals surface area contributed by atoms with Crippen molar-refractivity contribution < 1.29 is 17.9 Å². The van der Waals surface area contributed by atoms with E-state index in [0.717, 1.165) is 0 Å². The number of hydrogen-bond donors (Lipinski definition) is 2. The zero-order valence-electron chi connectivity index (χ0n) is 23.2. The minimum Gasteiger partial charge on any atom is -0.457 e. The Bertz CT molecular complexity index is 1710. The Kier molecular flexibility index (Phi) is 9.05. The Balaban J connectivity index is 0.000000255. The Morgan fingerprint density at radius 2 is 0.651 bits per heavy atom. The van der Waals surface area contributed by atoms with Crippen LogP contribution in [0.25, 0.3) is 11.1 Å². The summed E-state index contributed by atoms with van der Waals surface area (Å²) in [5.74, 6) is 2.27. The number of hydrogen-bond acceptors (Lipinski definition) is 6. The molecule has 6 rings (SSSR count). The molecule has 0 aliphatic heterocycles. The number of ether oxygens (including phenoxy) is 2. The molecule has 0 aliphatic carbocycles. The highest BCUT2D eigenvalue weighted by molar-refractivity contribution is 7.91. The summed E-state index contributed by atoms with van der Waals surface area (Å²) in [5.41, 5.74) is 15.2. The summed E-state index contributed by atoms with van der Waals surface area (Å²) in [7, 11) is -3.67. The van der Waals surface area contributed by atoms with E-state index in [1.54, 1.807) is 72.8 Å². The lowest BCUT2D eigenvalue weighted by molar-refractivity contribution is 0.482. The molecule has 0 aromatic heterocycles. The zero-order valence-corrected chi connectivity index (χ0v) is 24.0. The standard InChI is InChI=1S/C24H20N2O4S.C12H10/c25-17-1-5-19(6-2-17)29-21-9-13-23(14-10-21)31(27,28)24-15-11-22(12-16-24)30-20-7-3-18(26)4-8-20;1-3-7-11(8-4-1)12-9-5-2-6-10-12/h1-16H,25-26H2;1-10H. The van der Waals surface area contributed by atoms with Gasteiger partial charge in [0, 0.05) is 11.4 Å². The summed E-state index contributed by atoms with van der Waals surface area (Å²) in [5, 5.41) is 0. The topological polar surface area (TPSA) is 105 Å². The molecule has 0 spiro atoms. The van der Waals surface area contributed by atoms with Gasteiger partial charge in [0.25, 0.3) is 0 Å². The van der Waals surface area contributed by atoms with E-state index >= 15 is 0 Å². The summed E-state index contributed by atoms with van der Waals surface area (Å²) in [4.78, 5) is 0.341. The highest BCUT2D eigenvalue weighted by Gasteiger charge is 2.18. The molecule has 7 heteroatoms. The molecule has 0 bridgehead atoms. The van der Waals surface area contributed by atoms with Crippen molar-refractivity contribution in [3.8, 4) is 34.1 Å². The lowest BCUT2D eigenvalue weighted by Gasteiger charge is -2.09. The molecule has 214 valence electrons. The SMILES string of the molecule is Nc1ccc(Oc2ccc(S(=O)(=O)c3ccc(Oc4ccc(N)cc4)cc3)cc2)cc1.c1ccc(-c2ccccc2)cc1.